The Kier molecular flexibility index (Phi) is 24.9. The van der Waals surface area contributed by atoms with Gasteiger partial charge in [0, 0.05) is 19.6 Å². The van der Waals surface area contributed by atoms with Crippen molar-refractivity contribution in [2.24, 2.45) is 5.41 Å². The van der Waals surface area contributed by atoms with Gasteiger partial charge in [-0.1, -0.05) is 74.6 Å². The summed E-state index contributed by atoms with van der Waals surface area (Å²) in [6, 6.07) is 14.8. The minimum atomic E-state index is 0.125. The molecule has 0 saturated heterocycles. The van der Waals surface area contributed by atoms with Gasteiger partial charge in [0.25, 0.3) is 0 Å². The molecule has 3 nitrogen and oxygen atoms in total. The van der Waals surface area contributed by atoms with E-state index in [0.717, 1.165) is 6.54 Å². The van der Waals surface area contributed by atoms with Crippen molar-refractivity contribution in [3.63, 3.8) is 0 Å². The minimum absolute atomic E-state index is 0.125. The van der Waals surface area contributed by atoms with Gasteiger partial charge in [-0.2, -0.15) is 0 Å². The average Bonchev–Trinajstić information content (AvgIpc) is 2.69. The van der Waals surface area contributed by atoms with Gasteiger partial charge in [-0.15, -0.1) is 0 Å². The van der Waals surface area contributed by atoms with Crippen LogP contribution in [-0.4, -0.2) is 33.6 Å². The highest BCUT2D eigenvalue weighted by molar-refractivity contribution is 5.85. The SMILES string of the molecule is CC(C)=O.CCC.COC.C[NH2+]C/C=C/C#CC(C)(C)C.Cc1cccc2ccccc12. The number of likely N-dealkylation sites (N-methyl/N-ethyl adjacent to an activating group) is 1. The summed E-state index contributed by atoms with van der Waals surface area (Å²) >= 11 is 0. The van der Waals surface area contributed by atoms with E-state index in [-0.39, 0.29) is 11.2 Å². The number of fused-ring (bicyclic) bond motifs is 1. The van der Waals surface area contributed by atoms with E-state index in [9.17, 15) is 4.79 Å². The van der Waals surface area contributed by atoms with Crippen LogP contribution in [0.4, 0.5) is 0 Å². The highest BCUT2D eigenvalue weighted by Gasteiger charge is 2.02. The third kappa shape index (κ3) is 27.6. The Morgan fingerprint density at radius 1 is 1.03 bits per heavy atom. The molecule has 0 aliphatic rings. The largest absolute Gasteiger partial charge is 0.388 e. The van der Waals surface area contributed by atoms with Gasteiger partial charge in [-0.05, 0) is 70.0 Å². The number of aryl methyl sites for hydroxylation is 1. The van der Waals surface area contributed by atoms with E-state index < -0.39 is 0 Å². The standard InChI is InChI=1S/C11H10.C10H17N.C3H6O.C3H8.C2H6O/c1-9-5-4-7-10-6-2-3-8-11(9)10;1-10(2,3)8-6-5-7-9-11-4;1-3(2)4;2*1-3-2/h2-8H,1H3;5,7,11H,9H2,1-4H3;1-2H3;3H2,1-2H3;1-2H3/p+1/b;7-5+;;;. The van der Waals surface area contributed by atoms with E-state index in [0.29, 0.717) is 0 Å². The second-order valence-electron chi connectivity index (χ2n) is 8.39. The fourth-order valence-electron chi connectivity index (χ4n) is 1.91. The van der Waals surface area contributed by atoms with Gasteiger partial charge < -0.3 is 14.8 Å². The molecule has 0 fully saturated rings. The number of ketones is 1. The van der Waals surface area contributed by atoms with Crippen molar-refractivity contribution in [3.8, 4) is 11.8 Å². The molecule has 0 radical (unpaired) electrons. The molecule has 2 aromatic carbocycles. The predicted molar refractivity (Wildman–Crippen MR) is 143 cm³/mol. The van der Waals surface area contributed by atoms with Crippen LogP contribution in [0.3, 0.4) is 0 Å². The average molecular weight is 443 g/mol. The van der Waals surface area contributed by atoms with Gasteiger partial charge in [0.15, 0.2) is 0 Å². The third-order valence-corrected chi connectivity index (χ3v) is 3.03. The Labute approximate surface area is 198 Å². The quantitative estimate of drug-likeness (QED) is 0.562. The molecule has 0 bridgehead atoms. The topological polar surface area (TPSA) is 42.9 Å². The molecule has 0 saturated carbocycles. The molecule has 0 atom stereocenters. The predicted octanol–water partition coefficient (Wildman–Crippen LogP) is 6.21. The van der Waals surface area contributed by atoms with Crippen molar-refractivity contribution in [2.45, 2.75) is 61.8 Å². The molecule has 0 unspecified atom stereocenters. The summed E-state index contributed by atoms with van der Waals surface area (Å²) in [5, 5.41) is 4.79. The maximum absolute atomic E-state index is 9.44. The number of methoxy groups -OCH3 is 1. The number of nitrogens with two attached hydrogens (primary N) is 1. The second-order valence-corrected chi connectivity index (χ2v) is 8.39. The summed E-state index contributed by atoms with van der Waals surface area (Å²) in [5.41, 5.74) is 1.48. The molecule has 0 spiro atoms. The van der Waals surface area contributed by atoms with Gasteiger partial charge in [-0.25, -0.2) is 0 Å². The summed E-state index contributed by atoms with van der Waals surface area (Å²) < 4.78 is 4.25. The lowest BCUT2D eigenvalue weighted by molar-refractivity contribution is -0.617. The smallest absolute Gasteiger partial charge is 0.126 e. The molecule has 0 heterocycles. The first-order chi connectivity index (χ1) is 15.0. The third-order valence-electron chi connectivity index (χ3n) is 3.03. The minimum Gasteiger partial charge on any atom is -0.388 e. The van der Waals surface area contributed by atoms with Crippen LogP contribution < -0.4 is 5.32 Å². The number of carbonyl (C=O) groups is 1. The van der Waals surface area contributed by atoms with Crippen LogP contribution in [0.1, 0.15) is 60.5 Å². The van der Waals surface area contributed by atoms with E-state index in [4.69, 9.17) is 0 Å². The molecule has 0 aromatic heterocycles. The van der Waals surface area contributed by atoms with Crippen molar-refractivity contribution in [2.75, 3.05) is 27.8 Å². The molecular weight excluding hydrogens is 394 g/mol. The zero-order chi connectivity index (χ0) is 25.4. The van der Waals surface area contributed by atoms with Gasteiger partial charge >= 0.3 is 0 Å². The Morgan fingerprint density at radius 3 is 1.94 bits per heavy atom. The van der Waals surface area contributed by atoms with Crippen LogP contribution in [0.5, 0.6) is 0 Å². The highest BCUT2D eigenvalue weighted by Crippen LogP contribution is 2.16. The normalized spacial score (nSPS) is 9.34. The van der Waals surface area contributed by atoms with Crippen molar-refractivity contribution >= 4 is 16.6 Å². The Morgan fingerprint density at radius 2 is 1.50 bits per heavy atom. The molecule has 2 N–H and O–H groups in total. The van der Waals surface area contributed by atoms with Crippen molar-refractivity contribution in [1.82, 2.24) is 0 Å². The summed E-state index contributed by atoms with van der Waals surface area (Å²) in [5.74, 6) is 6.31. The van der Waals surface area contributed by atoms with Gasteiger partial charge in [0.2, 0.25) is 0 Å². The van der Waals surface area contributed by atoms with Crippen LogP contribution in [0.2, 0.25) is 0 Å². The van der Waals surface area contributed by atoms with Crippen LogP contribution in [0.25, 0.3) is 10.8 Å². The molecule has 2 rings (SSSR count). The number of benzene rings is 2. The van der Waals surface area contributed by atoms with Crippen molar-refractivity contribution in [3.05, 3.63) is 60.2 Å². The first kappa shape index (κ1) is 34.2. The van der Waals surface area contributed by atoms with E-state index in [1.165, 1.54) is 36.6 Å². The summed E-state index contributed by atoms with van der Waals surface area (Å²) in [7, 11) is 5.29. The maximum Gasteiger partial charge on any atom is 0.126 e. The molecule has 180 valence electrons. The Bertz CT molecular complexity index is 779. The van der Waals surface area contributed by atoms with Gasteiger partial charge in [-0.3, -0.25) is 0 Å². The number of rotatable bonds is 2. The second kappa shape index (κ2) is 23.3. The van der Waals surface area contributed by atoms with Crippen LogP contribution >= 0.6 is 0 Å². The molecule has 2 aromatic rings. The van der Waals surface area contributed by atoms with Crippen LogP contribution in [-0.2, 0) is 9.53 Å². The zero-order valence-electron chi connectivity index (χ0n) is 22.5. The van der Waals surface area contributed by atoms with E-state index in [2.05, 4.69) is 112 Å². The zero-order valence-corrected chi connectivity index (χ0v) is 22.5. The molecular formula is C29H48NO2+. The maximum atomic E-state index is 9.44. The monoisotopic (exact) mass is 442 g/mol. The molecule has 0 aliphatic heterocycles. The molecule has 32 heavy (non-hydrogen) atoms. The van der Waals surface area contributed by atoms with E-state index >= 15 is 0 Å². The van der Waals surface area contributed by atoms with Crippen LogP contribution in [0, 0.1) is 24.2 Å². The lowest BCUT2D eigenvalue weighted by Crippen LogP contribution is -2.79. The summed E-state index contributed by atoms with van der Waals surface area (Å²) in [4.78, 5) is 9.44. The number of allylic oxidation sites excluding steroid dienone is 1. The first-order valence-electron chi connectivity index (χ1n) is 11.3. The number of hydrogen-bond acceptors (Lipinski definition) is 2. The first-order valence-corrected chi connectivity index (χ1v) is 11.3. The number of carbonyl (C=O) groups excluding carboxylic acids is 1. The van der Waals surface area contributed by atoms with E-state index in [1.807, 2.05) is 13.1 Å². The van der Waals surface area contributed by atoms with Crippen molar-refractivity contribution in [1.29, 1.82) is 0 Å². The van der Waals surface area contributed by atoms with Crippen molar-refractivity contribution < 1.29 is 14.8 Å². The van der Waals surface area contributed by atoms with E-state index in [1.54, 1.807) is 14.2 Å². The fraction of sp³-hybridized carbons (Fsp3) is 0.483. The number of quaternary nitrogens is 1. The van der Waals surface area contributed by atoms with Crippen LogP contribution in [0.15, 0.2) is 54.6 Å². The number of hydrogen-bond donors (Lipinski definition) is 1. The molecule has 3 heteroatoms. The lowest BCUT2D eigenvalue weighted by Gasteiger charge is -2.05. The number of ether oxygens (including phenoxy) is 1. The highest BCUT2D eigenvalue weighted by atomic mass is 16.4. The summed E-state index contributed by atoms with van der Waals surface area (Å²) in [6.07, 6.45) is 5.24. The Hall–Kier alpha value is -2.41. The summed E-state index contributed by atoms with van der Waals surface area (Å²) in [6.45, 7) is 16.8. The Balaban J connectivity index is -0.000000375. The molecule has 0 aliphatic carbocycles. The molecule has 0 amide bonds. The van der Waals surface area contributed by atoms with Gasteiger partial charge in [0.05, 0.1) is 13.6 Å². The lowest BCUT2D eigenvalue weighted by atomic mass is 9.98. The number of Topliss-reactive ketones (excluding diaryl/α,β-unsaturated/α-hetero) is 1. The fourth-order valence-corrected chi connectivity index (χ4v) is 1.91. The van der Waals surface area contributed by atoms with Gasteiger partial charge in [0.1, 0.15) is 5.78 Å².